The van der Waals surface area contributed by atoms with Crippen LogP contribution in [-0.4, -0.2) is 62.3 Å². The van der Waals surface area contributed by atoms with Gasteiger partial charge in [0.15, 0.2) is 5.96 Å². The number of alkyl halides is 3. The fraction of sp³-hybridized carbons (Fsp3) is 0.556. The second kappa shape index (κ2) is 10.6. The van der Waals surface area contributed by atoms with Crippen LogP contribution in [0, 0.1) is 6.92 Å². The molecule has 1 aromatic carbocycles. The number of guanidine groups is 1. The van der Waals surface area contributed by atoms with Gasteiger partial charge in [-0.15, -0.1) is 0 Å². The maximum absolute atomic E-state index is 12.3. The van der Waals surface area contributed by atoms with Crippen LogP contribution in [0.3, 0.4) is 0 Å². The molecule has 1 amide bonds. The Labute approximate surface area is 157 Å². The number of para-hydroxylation sites is 1. The minimum Gasteiger partial charge on any atom is -0.489 e. The molecule has 0 fully saturated rings. The van der Waals surface area contributed by atoms with E-state index >= 15 is 0 Å². The number of benzene rings is 1. The summed E-state index contributed by atoms with van der Waals surface area (Å²) in [5.41, 5.74) is 1.02. The van der Waals surface area contributed by atoms with Crippen molar-refractivity contribution >= 4 is 11.9 Å². The smallest absolute Gasteiger partial charge is 0.406 e. The van der Waals surface area contributed by atoms with Gasteiger partial charge in [-0.25, -0.2) is 4.99 Å². The summed E-state index contributed by atoms with van der Waals surface area (Å²) < 4.78 is 42.9. The Balaban J connectivity index is 2.56. The van der Waals surface area contributed by atoms with Crippen LogP contribution in [0.4, 0.5) is 13.2 Å². The van der Waals surface area contributed by atoms with E-state index < -0.39 is 18.6 Å². The van der Waals surface area contributed by atoms with Crippen molar-refractivity contribution in [2.45, 2.75) is 33.1 Å². The lowest BCUT2D eigenvalue weighted by Gasteiger charge is -2.20. The zero-order chi connectivity index (χ0) is 20.4. The average molecular weight is 388 g/mol. The summed E-state index contributed by atoms with van der Waals surface area (Å²) in [6.07, 6.45) is -4.61. The largest absolute Gasteiger partial charge is 0.489 e. The summed E-state index contributed by atoms with van der Waals surface area (Å²) in [6.45, 7) is 4.96. The Bertz CT molecular complexity index is 635. The third-order valence-corrected chi connectivity index (χ3v) is 3.54. The van der Waals surface area contributed by atoms with Gasteiger partial charge in [0, 0.05) is 13.6 Å². The molecule has 6 nitrogen and oxygen atoms in total. The van der Waals surface area contributed by atoms with Gasteiger partial charge in [0.05, 0.1) is 6.54 Å². The zero-order valence-corrected chi connectivity index (χ0v) is 16.1. The summed E-state index contributed by atoms with van der Waals surface area (Å²) in [6, 6.07) is 7.63. The van der Waals surface area contributed by atoms with E-state index in [1.54, 1.807) is 0 Å². The fourth-order valence-corrected chi connectivity index (χ4v) is 2.15. The van der Waals surface area contributed by atoms with Crippen molar-refractivity contribution in [1.82, 2.24) is 15.5 Å². The van der Waals surface area contributed by atoms with Crippen LogP contribution in [-0.2, 0) is 4.79 Å². The van der Waals surface area contributed by atoms with Gasteiger partial charge in [0.25, 0.3) is 0 Å². The molecule has 0 saturated heterocycles. The summed E-state index contributed by atoms with van der Waals surface area (Å²) in [7, 11) is 1.10. The predicted octanol–water partition coefficient (Wildman–Crippen LogP) is 2.34. The number of hydrogen-bond acceptors (Lipinski definition) is 3. The van der Waals surface area contributed by atoms with Gasteiger partial charge in [0.1, 0.15) is 24.9 Å². The quantitative estimate of drug-likeness (QED) is 0.530. The lowest BCUT2D eigenvalue weighted by Crippen LogP contribution is -2.43. The van der Waals surface area contributed by atoms with Crippen molar-refractivity contribution in [2.75, 3.05) is 33.2 Å². The number of hydrogen-bond donors (Lipinski definition) is 2. The van der Waals surface area contributed by atoms with Gasteiger partial charge < -0.3 is 20.3 Å². The number of amides is 1. The van der Waals surface area contributed by atoms with E-state index in [1.165, 1.54) is 0 Å². The minimum atomic E-state index is -4.43. The Kier molecular flexibility index (Phi) is 8.90. The van der Waals surface area contributed by atoms with E-state index in [1.807, 2.05) is 45.0 Å². The van der Waals surface area contributed by atoms with Crippen LogP contribution >= 0.6 is 0 Å². The van der Waals surface area contributed by atoms with E-state index in [2.05, 4.69) is 15.6 Å². The summed E-state index contributed by atoms with van der Waals surface area (Å²) in [5.74, 6) is 0.401. The molecule has 1 atom stereocenters. The van der Waals surface area contributed by atoms with Crippen LogP contribution in [0.25, 0.3) is 0 Å². The van der Waals surface area contributed by atoms with Crippen LogP contribution in [0.1, 0.15) is 19.4 Å². The van der Waals surface area contributed by atoms with Crippen molar-refractivity contribution in [3.05, 3.63) is 29.8 Å². The number of carbonyl (C=O) groups excluding carboxylic acids is 1. The number of nitrogens with zero attached hydrogens (tertiary/aromatic N) is 2. The van der Waals surface area contributed by atoms with Gasteiger partial charge in [0.2, 0.25) is 5.91 Å². The first-order valence-electron chi connectivity index (χ1n) is 8.67. The van der Waals surface area contributed by atoms with Crippen molar-refractivity contribution in [3.63, 3.8) is 0 Å². The number of ether oxygens (including phenoxy) is 1. The molecule has 0 aliphatic carbocycles. The highest BCUT2D eigenvalue weighted by Crippen LogP contribution is 2.17. The lowest BCUT2D eigenvalue weighted by atomic mass is 10.2. The van der Waals surface area contributed by atoms with Crippen molar-refractivity contribution in [2.24, 2.45) is 4.99 Å². The molecule has 1 rings (SSSR count). The molecule has 9 heteroatoms. The molecule has 152 valence electrons. The molecule has 0 saturated carbocycles. The van der Waals surface area contributed by atoms with Crippen molar-refractivity contribution in [3.8, 4) is 5.75 Å². The maximum Gasteiger partial charge on any atom is 0.406 e. The van der Waals surface area contributed by atoms with E-state index in [9.17, 15) is 18.0 Å². The topological polar surface area (TPSA) is 66.0 Å². The standard InChI is InChI=1S/C18H27F3N4O2/c1-5-22-17(24-11-16(26)25(4)12-18(19,20)21)23-10-14(3)27-15-9-7-6-8-13(15)2/h6-9,14H,5,10-12H2,1-4H3,(H2,22,23,24). The molecular weight excluding hydrogens is 361 g/mol. The molecule has 2 N–H and O–H groups in total. The molecular formula is C18H27F3N4O2. The third kappa shape index (κ3) is 9.16. The Morgan fingerprint density at radius 1 is 1.30 bits per heavy atom. The van der Waals surface area contributed by atoms with Crippen molar-refractivity contribution < 1.29 is 22.7 Å². The Morgan fingerprint density at radius 3 is 2.56 bits per heavy atom. The number of likely N-dealkylation sites (N-methyl/N-ethyl adjacent to an activating group) is 1. The van der Waals surface area contributed by atoms with Crippen LogP contribution in [0.2, 0.25) is 0 Å². The summed E-state index contributed by atoms with van der Waals surface area (Å²) >= 11 is 0. The van der Waals surface area contributed by atoms with Gasteiger partial charge >= 0.3 is 6.18 Å². The molecule has 1 aromatic rings. The molecule has 0 aliphatic heterocycles. The number of aliphatic imine (C=N–C) groups is 1. The first kappa shape index (κ1) is 22.6. The maximum atomic E-state index is 12.3. The summed E-state index contributed by atoms with van der Waals surface area (Å²) in [5, 5.41) is 5.97. The van der Waals surface area contributed by atoms with Gasteiger partial charge in [-0.2, -0.15) is 13.2 Å². The number of rotatable bonds is 8. The molecule has 27 heavy (non-hydrogen) atoms. The number of nitrogens with one attached hydrogen (secondary N) is 2. The number of carbonyl (C=O) groups is 1. The highest BCUT2D eigenvalue weighted by molar-refractivity contribution is 5.84. The SMILES string of the molecule is CCNC(=NCC(=O)N(C)CC(F)(F)F)NCC(C)Oc1ccccc1C. The van der Waals surface area contributed by atoms with Crippen LogP contribution < -0.4 is 15.4 Å². The molecule has 1 unspecified atom stereocenters. The summed E-state index contributed by atoms with van der Waals surface area (Å²) in [4.78, 5) is 16.4. The third-order valence-electron chi connectivity index (χ3n) is 3.54. The molecule has 0 spiro atoms. The highest BCUT2D eigenvalue weighted by atomic mass is 19.4. The first-order valence-corrected chi connectivity index (χ1v) is 8.67. The second-order valence-corrected chi connectivity index (χ2v) is 6.14. The zero-order valence-electron chi connectivity index (χ0n) is 16.1. The fourth-order valence-electron chi connectivity index (χ4n) is 2.15. The van der Waals surface area contributed by atoms with Crippen LogP contribution in [0.5, 0.6) is 5.75 Å². The monoisotopic (exact) mass is 388 g/mol. The molecule has 0 aromatic heterocycles. The Hall–Kier alpha value is -2.45. The number of aryl methyl sites for hydroxylation is 1. The van der Waals surface area contributed by atoms with Crippen LogP contribution in [0.15, 0.2) is 29.3 Å². The van der Waals surface area contributed by atoms with E-state index in [0.29, 0.717) is 23.9 Å². The second-order valence-electron chi connectivity index (χ2n) is 6.14. The van der Waals surface area contributed by atoms with E-state index in [0.717, 1.165) is 18.4 Å². The predicted molar refractivity (Wildman–Crippen MR) is 98.9 cm³/mol. The molecule has 0 radical (unpaired) electrons. The number of halogens is 3. The first-order chi connectivity index (χ1) is 12.6. The molecule has 0 aliphatic rings. The van der Waals surface area contributed by atoms with E-state index in [-0.39, 0.29) is 12.6 Å². The minimum absolute atomic E-state index is 0.182. The normalized spacial score (nSPS) is 13.1. The van der Waals surface area contributed by atoms with E-state index in [4.69, 9.17) is 4.74 Å². The van der Waals surface area contributed by atoms with Gasteiger partial charge in [-0.1, -0.05) is 18.2 Å². The molecule has 0 heterocycles. The van der Waals surface area contributed by atoms with Crippen molar-refractivity contribution in [1.29, 1.82) is 0 Å². The molecule has 0 bridgehead atoms. The lowest BCUT2D eigenvalue weighted by molar-refractivity contribution is -0.157. The Morgan fingerprint density at radius 2 is 1.96 bits per heavy atom. The highest BCUT2D eigenvalue weighted by Gasteiger charge is 2.31. The van der Waals surface area contributed by atoms with Gasteiger partial charge in [-0.3, -0.25) is 4.79 Å². The van der Waals surface area contributed by atoms with Gasteiger partial charge in [-0.05, 0) is 32.4 Å². The average Bonchev–Trinajstić information content (AvgIpc) is 2.57.